The van der Waals surface area contributed by atoms with Crippen LogP contribution in [0.2, 0.25) is 0 Å². The molecule has 1 aliphatic heterocycles. The van der Waals surface area contributed by atoms with Gasteiger partial charge in [-0.3, -0.25) is 4.57 Å². The van der Waals surface area contributed by atoms with E-state index in [2.05, 4.69) is 4.98 Å². The molecule has 0 spiro atoms. The van der Waals surface area contributed by atoms with E-state index in [1.807, 2.05) is 0 Å². The van der Waals surface area contributed by atoms with Gasteiger partial charge in [0.05, 0.1) is 12.7 Å². The SMILES string of the molecule is Nc1nc(=O)n([C@H]2C[C@H](O)[C@@H](CO)O2)cc1CCCC(F)(F)F. The topological polar surface area (TPSA) is 111 Å². The molecule has 1 aliphatic rings. The van der Waals surface area contributed by atoms with Crippen LogP contribution < -0.4 is 11.4 Å². The number of aliphatic hydroxyl groups excluding tert-OH is 2. The van der Waals surface area contributed by atoms with Crippen molar-refractivity contribution in [1.29, 1.82) is 0 Å². The minimum Gasteiger partial charge on any atom is -0.394 e. The molecule has 23 heavy (non-hydrogen) atoms. The number of anilines is 1. The largest absolute Gasteiger partial charge is 0.394 e. The van der Waals surface area contributed by atoms with Crippen LogP contribution in [0, 0.1) is 0 Å². The first-order chi connectivity index (χ1) is 10.7. The molecule has 0 radical (unpaired) electrons. The summed E-state index contributed by atoms with van der Waals surface area (Å²) < 4.78 is 43.0. The van der Waals surface area contributed by atoms with E-state index in [4.69, 9.17) is 15.6 Å². The standard InChI is InChI=1S/C13H18F3N3O4/c14-13(15,16)3-1-2-7-5-19(12(22)18-11(7)17)10-4-8(21)9(6-20)23-10/h5,8-10,20-21H,1-4,6H2,(H2,17,18,22)/t8-,9+,10+/m0/s1. The fourth-order valence-electron chi connectivity index (χ4n) is 2.45. The number of nitrogens with two attached hydrogens (primary N) is 1. The molecule has 1 saturated heterocycles. The molecule has 130 valence electrons. The first-order valence-electron chi connectivity index (χ1n) is 7.10. The summed E-state index contributed by atoms with van der Waals surface area (Å²) >= 11 is 0. The number of ether oxygens (including phenoxy) is 1. The highest BCUT2D eigenvalue weighted by molar-refractivity contribution is 5.36. The van der Waals surface area contributed by atoms with Gasteiger partial charge in [-0.25, -0.2) is 4.79 Å². The predicted octanol–water partition coefficient (Wildman–Crippen LogP) is 0.351. The van der Waals surface area contributed by atoms with Crippen molar-refractivity contribution in [2.75, 3.05) is 12.3 Å². The third-order valence-corrected chi connectivity index (χ3v) is 3.66. The number of aromatic nitrogens is 2. The molecule has 2 heterocycles. The molecule has 0 saturated carbocycles. The molecule has 3 atom stereocenters. The summed E-state index contributed by atoms with van der Waals surface area (Å²) in [6.45, 7) is -0.409. The van der Waals surface area contributed by atoms with E-state index in [1.165, 1.54) is 6.20 Å². The normalized spacial score (nSPS) is 25.0. The average molecular weight is 337 g/mol. The van der Waals surface area contributed by atoms with Gasteiger partial charge in [0.1, 0.15) is 18.1 Å². The summed E-state index contributed by atoms with van der Waals surface area (Å²) in [4.78, 5) is 15.5. The maximum Gasteiger partial charge on any atom is 0.389 e. The number of hydrogen-bond donors (Lipinski definition) is 3. The molecule has 0 aromatic carbocycles. The third-order valence-electron chi connectivity index (χ3n) is 3.66. The Morgan fingerprint density at radius 1 is 1.48 bits per heavy atom. The molecule has 0 amide bonds. The summed E-state index contributed by atoms with van der Waals surface area (Å²) in [5.74, 6) is -0.120. The Morgan fingerprint density at radius 2 is 2.17 bits per heavy atom. The Morgan fingerprint density at radius 3 is 2.74 bits per heavy atom. The van der Waals surface area contributed by atoms with Crippen LogP contribution in [0.3, 0.4) is 0 Å². The molecule has 1 aromatic heterocycles. The lowest BCUT2D eigenvalue weighted by Gasteiger charge is -2.16. The minimum absolute atomic E-state index is 0.0112. The van der Waals surface area contributed by atoms with Gasteiger partial charge in [-0.2, -0.15) is 18.2 Å². The van der Waals surface area contributed by atoms with Crippen LogP contribution in [0.15, 0.2) is 11.0 Å². The lowest BCUT2D eigenvalue weighted by molar-refractivity contribution is -0.135. The predicted molar refractivity (Wildman–Crippen MR) is 73.5 cm³/mol. The number of alkyl halides is 3. The second-order valence-electron chi connectivity index (χ2n) is 5.42. The summed E-state index contributed by atoms with van der Waals surface area (Å²) in [5, 5.41) is 18.7. The number of aliphatic hydroxyl groups is 2. The summed E-state index contributed by atoms with van der Waals surface area (Å²) in [6, 6.07) is 0. The van der Waals surface area contributed by atoms with Gasteiger partial charge in [-0.15, -0.1) is 0 Å². The van der Waals surface area contributed by atoms with E-state index in [1.54, 1.807) is 0 Å². The molecule has 0 unspecified atom stereocenters. The average Bonchev–Trinajstić information content (AvgIpc) is 2.81. The molecule has 4 N–H and O–H groups in total. The van der Waals surface area contributed by atoms with Crippen LogP contribution in [-0.4, -0.2) is 44.8 Å². The van der Waals surface area contributed by atoms with Gasteiger partial charge in [-0.1, -0.05) is 0 Å². The van der Waals surface area contributed by atoms with Crippen molar-refractivity contribution in [2.45, 2.75) is 50.3 Å². The fourth-order valence-corrected chi connectivity index (χ4v) is 2.45. The maximum absolute atomic E-state index is 12.2. The first-order valence-corrected chi connectivity index (χ1v) is 7.10. The highest BCUT2D eigenvalue weighted by Gasteiger charge is 2.35. The van der Waals surface area contributed by atoms with Crippen LogP contribution in [0.25, 0.3) is 0 Å². The van der Waals surface area contributed by atoms with Gasteiger partial charge in [-0.05, 0) is 12.8 Å². The van der Waals surface area contributed by atoms with Crippen LogP contribution in [0.4, 0.5) is 19.0 Å². The zero-order valence-electron chi connectivity index (χ0n) is 12.2. The van der Waals surface area contributed by atoms with Crippen molar-refractivity contribution in [3.8, 4) is 0 Å². The Balaban J connectivity index is 2.15. The Labute approximate surface area is 129 Å². The first kappa shape index (κ1) is 17.7. The summed E-state index contributed by atoms with van der Waals surface area (Å²) in [5.41, 5.74) is 5.16. The number of rotatable bonds is 5. The Kier molecular flexibility index (Phi) is 5.27. The number of nitrogen functional groups attached to an aromatic ring is 1. The smallest absolute Gasteiger partial charge is 0.389 e. The second kappa shape index (κ2) is 6.85. The molecule has 1 aromatic rings. The van der Waals surface area contributed by atoms with Gasteiger partial charge in [0.2, 0.25) is 0 Å². The lowest BCUT2D eigenvalue weighted by atomic mass is 10.1. The van der Waals surface area contributed by atoms with Crippen molar-refractivity contribution >= 4 is 5.82 Å². The Hall–Kier alpha value is -1.65. The molecular formula is C13H18F3N3O4. The molecule has 0 bridgehead atoms. The van der Waals surface area contributed by atoms with Crippen LogP contribution in [0.1, 0.15) is 31.1 Å². The van der Waals surface area contributed by atoms with E-state index >= 15 is 0 Å². The molecule has 0 aliphatic carbocycles. The number of aryl methyl sites for hydroxylation is 1. The zero-order valence-corrected chi connectivity index (χ0v) is 12.2. The van der Waals surface area contributed by atoms with E-state index < -0.39 is 43.3 Å². The molecule has 10 heteroatoms. The van der Waals surface area contributed by atoms with Crippen molar-refractivity contribution in [3.63, 3.8) is 0 Å². The quantitative estimate of drug-likeness (QED) is 0.715. The van der Waals surface area contributed by atoms with E-state index in [0.717, 1.165) is 4.57 Å². The number of hydrogen-bond acceptors (Lipinski definition) is 6. The molecular weight excluding hydrogens is 319 g/mol. The summed E-state index contributed by atoms with van der Waals surface area (Å²) in [6.07, 6.45) is -6.62. The van der Waals surface area contributed by atoms with E-state index in [0.29, 0.717) is 5.56 Å². The van der Waals surface area contributed by atoms with Crippen LogP contribution in [-0.2, 0) is 11.2 Å². The Bertz CT molecular complexity index is 605. The monoisotopic (exact) mass is 337 g/mol. The van der Waals surface area contributed by atoms with Gasteiger partial charge in [0.15, 0.2) is 0 Å². The lowest BCUT2D eigenvalue weighted by Crippen LogP contribution is -2.29. The maximum atomic E-state index is 12.2. The van der Waals surface area contributed by atoms with Gasteiger partial charge < -0.3 is 20.7 Å². The van der Waals surface area contributed by atoms with Crippen molar-refractivity contribution in [2.24, 2.45) is 0 Å². The fraction of sp³-hybridized carbons (Fsp3) is 0.692. The second-order valence-corrected chi connectivity index (χ2v) is 5.42. The summed E-state index contributed by atoms with van der Waals surface area (Å²) in [7, 11) is 0. The number of halogens is 3. The van der Waals surface area contributed by atoms with Gasteiger partial charge >= 0.3 is 11.9 Å². The minimum atomic E-state index is -4.26. The van der Waals surface area contributed by atoms with Crippen LogP contribution in [0.5, 0.6) is 0 Å². The van der Waals surface area contributed by atoms with Crippen LogP contribution >= 0.6 is 0 Å². The van der Waals surface area contributed by atoms with E-state index in [9.17, 15) is 23.1 Å². The highest BCUT2D eigenvalue weighted by Crippen LogP contribution is 2.28. The molecule has 7 nitrogen and oxygen atoms in total. The van der Waals surface area contributed by atoms with Crippen molar-refractivity contribution in [3.05, 3.63) is 22.2 Å². The number of nitrogens with zero attached hydrogens (tertiary/aromatic N) is 2. The van der Waals surface area contributed by atoms with E-state index in [-0.39, 0.29) is 25.1 Å². The van der Waals surface area contributed by atoms with Gasteiger partial charge in [0.25, 0.3) is 0 Å². The van der Waals surface area contributed by atoms with Crippen molar-refractivity contribution < 1.29 is 28.1 Å². The molecule has 1 fully saturated rings. The molecule has 2 rings (SSSR count). The van der Waals surface area contributed by atoms with Crippen molar-refractivity contribution in [1.82, 2.24) is 9.55 Å². The zero-order chi connectivity index (χ0) is 17.2. The highest BCUT2D eigenvalue weighted by atomic mass is 19.4. The third kappa shape index (κ3) is 4.43. The van der Waals surface area contributed by atoms with Gasteiger partial charge in [0, 0.05) is 24.6 Å².